The van der Waals surface area contributed by atoms with Gasteiger partial charge in [-0.1, -0.05) is 6.07 Å². The molecule has 3 aromatic heterocycles. The molecule has 4 fully saturated rings. The summed E-state index contributed by atoms with van der Waals surface area (Å²) in [6, 6.07) is 12.5. The van der Waals surface area contributed by atoms with E-state index in [1.165, 1.54) is 18.5 Å². The molecule has 16 heteroatoms. The predicted octanol–water partition coefficient (Wildman–Crippen LogP) is 6.78. The fourth-order valence-corrected chi connectivity index (χ4v) is 10.5. The third-order valence-corrected chi connectivity index (χ3v) is 14.0. The third-order valence-electron chi connectivity index (χ3n) is 14.0. The molecule has 0 bridgehead atoms. The number of anilines is 2. The fraction of sp³-hybridized carbons (Fsp3) is 0.500. The van der Waals surface area contributed by atoms with Crippen molar-refractivity contribution >= 4 is 50.9 Å². The van der Waals surface area contributed by atoms with Gasteiger partial charge >= 0.3 is 0 Å². The molecule has 14 nitrogen and oxygen atoms in total. The lowest BCUT2D eigenvalue weighted by Gasteiger charge is -2.52. The van der Waals surface area contributed by atoms with Gasteiger partial charge in [0, 0.05) is 77.8 Å². The number of fused-ring (bicyclic) bond motifs is 2. The number of nitriles is 1. The maximum absolute atomic E-state index is 16.4. The first-order valence-corrected chi connectivity index (χ1v) is 21.7. The second-order valence-corrected chi connectivity index (χ2v) is 18.5. The average molecular weight is 847 g/mol. The van der Waals surface area contributed by atoms with E-state index >= 15 is 8.78 Å². The van der Waals surface area contributed by atoms with Crippen LogP contribution in [0.5, 0.6) is 0 Å². The van der Waals surface area contributed by atoms with E-state index in [0.717, 1.165) is 53.4 Å². The maximum atomic E-state index is 16.4. The molecule has 6 heterocycles. The van der Waals surface area contributed by atoms with Crippen LogP contribution in [0.25, 0.3) is 21.8 Å². The number of nitrogens with zero attached hydrogens (tertiary/aromatic N) is 8. The van der Waals surface area contributed by atoms with Crippen molar-refractivity contribution in [1.82, 2.24) is 34.8 Å². The molecular weight excluding hydrogens is 795 g/mol. The van der Waals surface area contributed by atoms with Crippen LogP contribution in [0.4, 0.5) is 20.2 Å². The smallest absolute Gasteiger partial charge is 0.266 e. The molecule has 1 aliphatic carbocycles. The lowest BCUT2D eigenvalue weighted by molar-refractivity contribution is -0.179. The number of rotatable bonds is 8. The molecule has 1 spiro atoms. The Kier molecular flexibility index (Phi) is 10.6. The lowest BCUT2D eigenvalue weighted by Crippen LogP contribution is -2.59. The Labute approximate surface area is 358 Å². The summed E-state index contributed by atoms with van der Waals surface area (Å²) in [7, 11) is 0. The van der Waals surface area contributed by atoms with Crippen LogP contribution >= 0.6 is 0 Å². The summed E-state index contributed by atoms with van der Waals surface area (Å²) in [5, 5.41) is 37.0. The van der Waals surface area contributed by atoms with Crippen LogP contribution in [0.2, 0.25) is 0 Å². The highest BCUT2D eigenvalue weighted by atomic mass is 19.3. The molecule has 0 radical (unpaired) electrons. The van der Waals surface area contributed by atoms with Gasteiger partial charge in [-0.25, -0.2) is 8.78 Å². The van der Waals surface area contributed by atoms with E-state index in [4.69, 9.17) is 10.2 Å². The molecule has 3 amide bonds. The summed E-state index contributed by atoms with van der Waals surface area (Å²) >= 11 is 0. The molecule has 3 aliphatic heterocycles. The van der Waals surface area contributed by atoms with Gasteiger partial charge in [-0.05, 0) is 115 Å². The van der Waals surface area contributed by atoms with Crippen molar-refractivity contribution in [2.24, 2.45) is 11.3 Å². The number of pyridine rings is 1. The van der Waals surface area contributed by atoms with Gasteiger partial charge in [-0.3, -0.25) is 38.9 Å². The zero-order valence-electron chi connectivity index (χ0n) is 35.3. The summed E-state index contributed by atoms with van der Waals surface area (Å²) in [5.74, 6) is -3.59. The van der Waals surface area contributed by atoms with Crippen molar-refractivity contribution in [1.29, 1.82) is 5.26 Å². The summed E-state index contributed by atoms with van der Waals surface area (Å²) < 4.78 is 36.4. The molecule has 324 valence electrons. The van der Waals surface area contributed by atoms with Gasteiger partial charge in [-0.15, -0.1) is 0 Å². The minimum absolute atomic E-state index is 0.139. The van der Waals surface area contributed by atoms with Crippen LogP contribution in [-0.4, -0.2) is 90.9 Å². The number of carbonyl (C=O) groups excluding carboxylic acids is 3. The molecule has 1 atom stereocenters. The van der Waals surface area contributed by atoms with Crippen molar-refractivity contribution in [3.05, 3.63) is 77.4 Å². The van der Waals surface area contributed by atoms with Gasteiger partial charge in [0.05, 0.1) is 46.0 Å². The molecule has 1 unspecified atom stereocenters. The Morgan fingerprint density at radius 2 is 1.79 bits per heavy atom. The molecule has 3 N–H and O–H groups in total. The third kappa shape index (κ3) is 7.70. The van der Waals surface area contributed by atoms with Crippen LogP contribution in [0.15, 0.2) is 55.0 Å². The average Bonchev–Trinajstić information content (AvgIpc) is 3.82. The minimum Gasteiger partial charge on any atom is -0.386 e. The number of halogens is 2. The number of likely N-dealkylation sites (tertiary alicyclic amines) is 1. The topological polar surface area (TPSA) is 174 Å². The van der Waals surface area contributed by atoms with E-state index in [1.54, 1.807) is 24.6 Å². The molecule has 5 aromatic rings. The van der Waals surface area contributed by atoms with E-state index < -0.39 is 28.9 Å². The number of piperidine rings is 3. The molecule has 2 aromatic carbocycles. The standard InChI is InChI=1S/C46H52F2N10O4/c1-28-41-37(5-4-6-38(41)58(53-28)39-11-12-40(59)52-43(39)61)56-17-14-45(15-18-56)13-16-55(27-46(45,47)48)25-29-7-9-33(10-8-29)57-26-32-20-36(34(44(2,3)62)21-35(32)54-57)51-42(60)31-19-30(22-49)23-50-24-31/h4-6,19-21,23-24,26,29,33,39,62H,7-18,25,27H2,1-3H3,(H,51,60)(H,52,59,61). The van der Waals surface area contributed by atoms with Crippen molar-refractivity contribution < 1.29 is 28.3 Å². The summed E-state index contributed by atoms with van der Waals surface area (Å²) in [6.45, 7) is 7.29. The highest BCUT2D eigenvalue weighted by Gasteiger charge is 2.57. The molecule has 3 saturated heterocycles. The number of amides is 3. The predicted molar refractivity (Wildman–Crippen MR) is 229 cm³/mol. The summed E-state index contributed by atoms with van der Waals surface area (Å²) in [6.07, 6.45) is 10.2. The van der Waals surface area contributed by atoms with Crippen molar-refractivity contribution in [3.8, 4) is 6.07 Å². The quantitative estimate of drug-likeness (QED) is 0.141. The fourth-order valence-electron chi connectivity index (χ4n) is 10.5. The Morgan fingerprint density at radius 1 is 1.03 bits per heavy atom. The molecule has 62 heavy (non-hydrogen) atoms. The van der Waals surface area contributed by atoms with E-state index in [-0.39, 0.29) is 41.9 Å². The van der Waals surface area contributed by atoms with E-state index in [1.807, 2.05) is 53.0 Å². The van der Waals surface area contributed by atoms with Gasteiger partial charge < -0.3 is 15.3 Å². The number of nitrogens with one attached hydrogen (secondary N) is 2. The Hall–Kier alpha value is -5.79. The summed E-state index contributed by atoms with van der Waals surface area (Å²) in [5.41, 5.74) is 2.32. The second-order valence-electron chi connectivity index (χ2n) is 18.5. The van der Waals surface area contributed by atoms with Crippen LogP contribution in [0.1, 0.15) is 111 Å². The normalized spacial score (nSPS) is 23.1. The van der Waals surface area contributed by atoms with Gasteiger partial charge in [-0.2, -0.15) is 15.5 Å². The van der Waals surface area contributed by atoms with Crippen molar-refractivity contribution in [2.75, 3.05) is 42.9 Å². The SMILES string of the molecule is Cc1nn(C2CCC(=O)NC2=O)c2cccc(N3CCC4(CCN(CC5CCC(n6cc7cc(NC(=O)c8cncc(C#N)c8)c(C(C)(C)O)cc7n6)CC5)CC4(F)F)CC3)c12. The first-order valence-electron chi connectivity index (χ1n) is 21.7. The van der Waals surface area contributed by atoms with Gasteiger partial charge in [0.15, 0.2) is 0 Å². The van der Waals surface area contributed by atoms with Crippen LogP contribution in [0.3, 0.4) is 0 Å². The zero-order valence-corrected chi connectivity index (χ0v) is 35.3. The Bertz CT molecular complexity index is 2610. The first-order chi connectivity index (χ1) is 29.6. The van der Waals surface area contributed by atoms with E-state index in [0.29, 0.717) is 74.5 Å². The minimum atomic E-state index is -2.82. The van der Waals surface area contributed by atoms with Gasteiger partial charge in [0.1, 0.15) is 12.1 Å². The van der Waals surface area contributed by atoms with E-state index in [2.05, 4.69) is 20.5 Å². The van der Waals surface area contributed by atoms with Crippen LogP contribution in [0, 0.1) is 29.6 Å². The number of imide groups is 1. The zero-order chi connectivity index (χ0) is 43.6. The van der Waals surface area contributed by atoms with Crippen LogP contribution in [-0.2, 0) is 15.2 Å². The number of hydrogen-bond acceptors (Lipinski definition) is 10. The molecule has 1 saturated carbocycles. The van der Waals surface area contributed by atoms with Crippen molar-refractivity contribution in [2.45, 2.75) is 102 Å². The lowest BCUT2D eigenvalue weighted by atomic mass is 9.68. The highest BCUT2D eigenvalue weighted by molar-refractivity contribution is 6.06. The highest BCUT2D eigenvalue weighted by Crippen LogP contribution is 2.52. The number of aryl methyl sites for hydroxylation is 1. The number of alkyl halides is 2. The number of benzene rings is 2. The molecule has 4 aliphatic rings. The molecular formula is C46H52F2N10O4. The second kappa shape index (κ2) is 15.8. The van der Waals surface area contributed by atoms with Crippen LogP contribution < -0.4 is 15.5 Å². The van der Waals surface area contributed by atoms with E-state index in [9.17, 15) is 24.8 Å². The molecule has 9 rings (SSSR count). The Balaban J connectivity index is 0.811. The number of carbonyl (C=O) groups is 3. The number of aliphatic hydroxyl groups is 1. The first kappa shape index (κ1) is 41.6. The maximum Gasteiger partial charge on any atom is 0.266 e. The number of aromatic nitrogens is 5. The van der Waals surface area contributed by atoms with Crippen molar-refractivity contribution in [3.63, 3.8) is 0 Å². The van der Waals surface area contributed by atoms with Gasteiger partial charge in [0.25, 0.3) is 17.7 Å². The Morgan fingerprint density at radius 3 is 2.50 bits per heavy atom. The summed E-state index contributed by atoms with van der Waals surface area (Å²) in [4.78, 5) is 45.8. The monoisotopic (exact) mass is 846 g/mol. The number of hydrogen-bond donors (Lipinski definition) is 3. The largest absolute Gasteiger partial charge is 0.386 e. The van der Waals surface area contributed by atoms with Gasteiger partial charge in [0.2, 0.25) is 5.91 Å².